The number of carboxylic acid groups (broad SMARTS) is 1. The van der Waals surface area contributed by atoms with Crippen LogP contribution < -0.4 is 26.4 Å². The lowest BCUT2D eigenvalue weighted by Gasteiger charge is -2.29. The summed E-state index contributed by atoms with van der Waals surface area (Å²) in [5, 5.41) is 10.7. The number of nitrogens with two attached hydrogens (primary N) is 2. The van der Waals surface area contributed by atoms with Gasteiger partial charge in [0.1, 0.15) is 11.8 Å². The van der Waals surface area contributed by atoms with E-state index in [1.165, 1.54) is 18.2 Å². The van der Waals surface area contributed by atoms with Gasteiger partial charge in [0.25, 0.3) is 5.91 Å². The summed E-state index contributed by atoms with van der Waals surface area (Å²) in [6.07, 6.45) is 0.200. The lowest BCUT2D eigenvalue weighted by atomic mass is 10.1. The molecule has 1 atom stereocenters. The molecular formula is C22H27N5O7S2. The number of hydrogen-bond acceptors (Lipinski definition) is 9. The predicted molar refractivity (Wildman–Crippen MR) is 133 cm³/mol. The molecule has 1 aliphatic heterocycles. The number of sulfone groups is 1. The van der Waals surface area contributed by atoms with E-state index < -0.39 is 33.5 Å². The Morgan fingerprint density at radius 3 is 2.58 bits per heavy atom. The Kier molecular flexibility index (Phi) is 9.01. The molecule has 12 nitrogen and oxygen atoms in total. The SMILES string of the molecule is NC(N)=NCCC[C@@H](C(=O)O)N(NCc1ccc2c(c1)OCO2)C(=O)CS(=O)(=O)c1ccccc1S. The maximum Gasteiger partial charge on any atom is 0.328 e. The molecule has 0 unspecified atom stereocenters. The molecule has 0 bridgehead atoms. The van der Waals surface area contributed by atoms with Crippen molar-refractivity contribution in [1.82, 2.24) is 10.4 Å². The summed E-state index contributed by atoms with van der Waals surface area (Å²) in [6.45, 7) is 0.239. The average molecular weight is 538 g/mol. The highest BCUT2D eigenvalue weighted by molar-refractivity contribution is 7.92. The minimum atomic E-state index is -4.11. The van der Waals surface area contributed by atoms with E-state index in [1.54, 1.807) is 24.3 Å². The zero-order chi connectivity index (χ0) is 26.3. The monoisotopic (exact) mass is 537 g/mol. The van der Waals surface area contributed by atoms with E-state index in [1.807, 2.05) is 0 Å². The molecule has 3 rings (SSSR count). The zero-order valence-electron chi connectivity index (χ0n) is 19.2. The number of ether oxygens (including phenoxy) is 2. The van der Waals surface area contributed by atoms with Crippen molar-refractivity contribution >= 4 is 40.3 Å². The zero-order valence-corrected chi connectivity index (χ0v) is 20.9. The minimum absolute atomic E-state index is 0.0171. The topological polar surface area (TPSA) is 187 Å². The smallest absolute Gasteiger partial charge is 0.328 e. The maximum absolute atomic E-state index is 13.2. The molecule has 0 spiro atoms. The Balaban J connectivity index is 1.83. The van der Waals surface area contributed by atoms with Crippen LogP contribution in [0.5, 0.6) is 11.5 Å². The third-order valence-corrected chi connectivity index (χ3v) is 7.39. The van der Waals surface area contributed by atoms with Crippen molar-refractivity contribution in [3.05, 3.63) is 48.0 Å². The van der Waals surface area contributed by atoms with Gasteiger partial charge in [-0.25, -0.2) is 18.6 Å². The summed E-state index contributed by atoms with van der Waals surface area (Å²) in [5.74, 6) is -2.30. The molecular weight excluding hydrogens is 510 g/mol. The van der Waals surface area contributed by atoms with Crippen LogP contribution in [0.3, 0.4) is 0 Å². The summed E-state index contributed by atoms with van der Waals surface area (Å²) in [6, 6.07) is 9.63. The maximum atomic E-state index is 13.2. The number of thiol groups is 1. The van der Waals surface area contributed by atoms with Gasteiger partial charge < -0.3 is 26.0 Å². The van der Waals surface area contributed by atoms with E-state index in [-0.39, 0.29) is 48.5 Å². The fraction of sp³-hybridized carbons (Fsp3) is 0.318. The Labute approximate surface area is 213 Å². The van der Waals surface area contributed by atoms with Crippen molar-refractivity contribution in [3.8, 4) is 11.5 Å². The molecule has 1 aliphatic rings. The number of aliphatic imine (C=N–C) groups is 1. The third-order valence-electron chi connectivity index (χ3n) is 5.20. The van der Waals surface area contributed by atoms with Gasteiger partial charge >= 0.3 is 5.97 Å². The Bertz CT molecular complexity index is 1250. The van der Waals surface area contributed by atoms with E-state index in [2.05, 4.69) is 23.0 Å². The van der Waals surface area contributed by atoms with Crippen molar-refractivity contribution in [3.63, 3.8) is 0 Å². The van der Waals surface area contributed by atoms with E-state index in [0.717, 1.165) is 5.01 Å². The number of hydrazine groups is 1. The summed E-state index contributed by atoms with van der Waals surface area (Å²) in [5.41, 5.74) is 14.1. The molecule has 2 aromatic carbocycles. The Morgan fingerprint density at radius 1 is 1.17 bits per heavy atom. The van der Waals surface area contributed by atoms with Gasteiger partial charge in [-0.05, 0) is 42.7 Å². The van der Waals surface area contributed by atoms with Crippen LogP contribution in [0.25, 0.3) is 0 Å². The number of benzene rings is 2. The number of fused-ring (bicyclic) bond motifs is 1. The summed E-state index contributed by atoms with van der Waals surface area (Å²) in [7, 11) is -4.11. The number of nitrogens with zero attached hydrogens (tertiary/aromatic N) is 2. The van der Waals surface area contributed by atoms with Gasteiger partial charge in [-0.1, -0.05) is 18.2 Å². The first-order chi connectivity index (χ1) is 17.1. The van der Waals surface area contributed by atoms with Gasteiger partial charge in [0, 0.05) is 18.0 Å². The second-order valence-electron chi connectivity index (χ2n) is 7.82. The Hall–Kier alpha value is -3.49. The van der Waals surface area contributed by atoms with Crippen LogP contribution in [0.1, 0.15) is 18.4 Å². The van der Waals surface area contributed by atoms with Crippen LogP contribution >= 0.6 is 12.6 Å². The van der Waals surface area contributed by atoms with Crippen LogP contribution in [-0.2, 0) is 26.0 Å². The summed E-state index contributed by atoms with van der Waals surface area (Å²) in [4.78, 5) is 29.2. The number of rotatable bonds is 12. The molecule has 0 fully saturated rings. The number of nitrogens with one attached hydrogen (secondary N) is 1. The van der Waals surface area contributed by atoms with E-state index in [0.29, 0.717) is 17.1 Å². The summed E-state index contributed by atoms with van der Waals surface area (Å²) >= 11 is 4.16. The van der Waals surface area contributed by atoms with Crippen molar-refractivity contribution in [2.75, 3.05) is 19.1 Å². The van der Waals surface area contributed by atoms with Gasteiger partial charge in [-0.2, -0.15) is 0 Å². The standard InChI is InChI=1S/C22H27N5O7S2/c23-22(24)25-9-3-4-15(21(29)30)27(26-11-14-7-8-16-17(10-14)34-13-33-16)20(28)12-36(31,32)19-6-2-1-5-18(19)35/h1-2,5-8,10,15,26,35H,3-4,9,11-13H2,(H,29,30)(H4,23,24,25)/t15-/m0/s1. The first kappa shape index (κ1) is 27.1. The van der Waals surface area contributed by atoms with Crippen LogP contribution in [0.4, 0.5) is 0 Å². The second kappa shape index (κ2) is 12.0. The number of guanidine groups is 1. The first-order valence-corrected chi connectivity index (χ1v) is 12.9. The highest BCUT2D eigenvalue weighted by atomic mass is 32.2. The lowest BCUT2D eigenvalue weighted by Crippen LogP contribution is -2.54. The van der Waals surface area contributed by atoms with Gasteiger partial charge in [0.05, 0.1) is 4.90 Å². The van der Waals surface area contributed by atoms with E-state index >= 15 is 0 Å². The number of carbonyl (C=O) groups is 2. The number of aliphatic carboxylic acids is 1. The average Bonchev–Trinajstić information content (AvgIpc) is 3.28. The highest BCUT2D eigenvalue weighted by Crippen LogP contribution is 2.32. The minimum Gasteiger partial charge on any atom is -0.480 e. The lowest BCUT2D eigenvalue weighted by molar-refractivity contribution is -0.152. The molecule has 14 heteroatoms. The van der Waals surface area contributed by atoms with Gasteiger partial charge in [0.2, 0.25) is 6.79 Å². The number of carbonyl (C=O) groups excluding carboxylic acids is 1. The van der Waals surface area contributed by atoms with Gasteiger partial charge in [-0.15, -0.1) is 12.6 Å². The van der Waals surface area contributed by atoms with Crippen molar-refractivity contribution in [2.45, 2.75) is 35.2 Å². The van der Waals surface area contributed by atoms with Crippen LogP contribution in [0.15, 0.2) is 57.2 Å². The van der Waals surface area contributed by atoms with Crippen molar-refractivity contribution in [2.24, 2.45) is 16.5 Å². The van der Waals surface area contributed by atoms with Gasteiger partial charge in [0.15, 0.2) is 27.3 Å². The molecule has 0 aromatic heterocycles. The molecule has 2 aromatic rings. The molecule has 0 saturated heterocycles. The highest BCUT2D eigenvalue weighted by Gasteiger charge is 2.33. The van der Waals surface area contributed by atoms with Crippen molar-refractivity contribution < 1.29 is 32.6 Å². The van der Waals surface area contributed by atoms with E-state index in [9.17, 15) is 23.1 Å². The van der Waals surface area contributed by atoms with Gasteiger partial charge in [-0.3, -0.25) is 14.8 Å². The molecule has 0 saturated carbocycles. The van der Waals surface area contributed by atoms with Crippen LogP contribution in [0, 0.1) is 0 Å². The molecule has 194 valence electrons. The first-order valence-electron chi connectivity index (χ1n) is 10.8. The van der Waals surface area contributed by atoms with Crippen molar-refractivity contribution in [1.29, 1.82) is 0 Å². The fourth-order valence-electron chi connectivity index (χ4n) is 3.49. The molecule has 1 amide bonds. The second-order valence-corrected chi connectivity index (χ2v) is 10.3. The quantitative estimate of drug-likeness (QED) is 0.0840. The van der Waals surface area contributed by atoms with Crippen LogP contribution in [-0.4, -0.2) is 61.5 Å². The summed E-state index contributed by atoms with van der Waals surface area (Å²) < 4.78 is 36.5. The number of amides is 1. The fourth-order valence-corrected chi connectivity index (χ4v) is 5.36. The molecule has 6 N–H and O–H groups in total. The third kappa shape index (κ3) is 7.02. The Morgan fingerprint density at radius 2 is 1.89 bits per heavy atom. The molecule has 1 heterocycles. The largest absolute Gasteiger partial charge is 0.480 e. The predicted octanol–water partition coefficient (Wildman–Crippen LogP) is 0.518. The molecule has 0 aliphatic carbocycles. The normalized spacial score (nSPS) is 13.1. The molecule has 0 radical (unpaired) electrons. The number of hydrogen-bond donors (Lipinski definition) is 5. The number of carboxylic acids is 1. The van der Waals surface area contributed by atoms with Crippen LogP contribution in [0.2, 0.25) is 0 Å². The molecule has 36 heavy (non-hydrogen) atoms. The van der Waals surface area contributed by atoms with E-state index in [4.69, 9.17) is 20.9 Å².